The second-order valence-corrected chi connectivity index (χ2v) is 10.9. The number of carboxylic acid groups (broad SMARTS) is 1. The fraction of sp³-hybridized carbons (Fsp3) is 0.407. The Morgan fingerprint density at radius 1 is 0.974 bits per heavy atom. The Balaban J connectivity index is 1.52. The number of carbonyl (C=O) groups is 4. The van der Waals surface area contributed by atoms with E-state index in [9.17, 15) is 29.4 Å². The number of nitrogens with one attached hydrogen (secondary N) is 1. The molecule has 11 nitrogen and oxygen atoms in total. The topological polar surface area (TPSA) is 179 Å². The van der Waals surface area contributed by atoms with Gasteiger partial charge in [0.05, 0.1) is 23.3 Å². The lowest BCUT2D eigenvalue weighted by Crippen LogP contribution is -2.58. The van der Waals surface area contributed by atoms with E-state index in [2.05, 4.69) is 5.32 Å². The summed E-state index contributed by atoms with van der Waals surface area (Å²) in [5.41, 5.74) is 13.3. The molecule has 0 unspecified atom stereocenters. The van der Waals surface area contributed by atoms with E-state index in [0.29, 0.717) is 19.4 Å². The molecule has 0 saturated carbocycles. The number of nitrogens with two attached hydrogens (primary N) is 2. The van der Waals surface area contributed by atoms with Gasteiger partial charge in [0.15, 0.2) is 6.04 Å². The third kappa shape index (κ3) is 6.70. The van der Waals surface area contributed by atoms with Gasteiger partial charge >= 0.3 is 5.97 Å². The van der Waals surface area contributed by atoms with Gasteiger partial charge in [-0.15, -0.1) is 11.8 Å². The van der Waals surface area contributed by atoms with Crippen LogP contribution < -0.4 is 16.8 Å². The molecule has 0 bridgehead atoms. The molecule has 0 aliphatic carbocycles. The molecule has 2 fully saturated rings. The summed E-state index contributed by atoms with van der Waals surface area (Å²) in [6.45, 7) is 0.385. The van der Waals surface area contributed by atoms with E-state index in [1.54, 1.807) is 12.1 Å². The number of likely N-dealkylation sites (tertiary alicyclic amines) is 1. The quantitative estimate of drug-likeness (QED) is 0.275. The molecule has 5 atom stereocenters. The second-order valence-electron chi connectivity index (χ2n) is 9.79. The van der Waals surface area contributed by atoms with E-state index in [1.165, 1.54) is 33.7 Å². The monoisotopic (exact) mass is 555 g/mol. The van der Waals surface area contributed by atoms with Crippen molar-refractivity contribution in [3.05, 3.63) is 65.7 Å². The number of amides is 3. The van der Waals surface area contributed by atoms with Gasteiger partial charge in [-0.3, -0.25) is 19.7 Å². The van der Waals surface area contributed by atoms with Crippen molar-refractivity contribution in [3.8, 4) is 5.75 Å². The summed E-state index contributed by atoms with van der Waals surface area (Å²) in [6.07, 6.45) is 1.56. The van der Waals surface area contributed by atoms with Crippen LogP contribution in [0.25, 0.3) is 0 Å². The highest BCUT2D eigenvalue weighted by Gasteiger charge is 2.46. The summed E-state index contributed by atoms with van der Waals surface area (Å²) in [4.78, 5) is 53.9. The van der Waals surface area contributed by atoms with Gasteiger partial charge in [-0.2, -0.15) is 0 Å². The highest BCUT2D eigenvalue weighted by Crippen LogP contribution is 2.30. The molecule has 2 aromatic carbocycles. The number of benzene rings is 2. The first-order valence-electron chi connectivity index (χ1n) is 12.7. The van der Waals surface area contributed by atoms with E-state index >= 15 is 0 Å². The molecular formula is C27H33N5O6S. The zero-order valence-corrected chi connectivity index (χ0v) is 22.1. The molecular weight excluding hydrogens is 522 g/mol. The molecule has 7 N–H and O–H groups in total. The van der Waals surface area contributed by atoms with Gasteiger partial charge in [-0.05, 0) is 48.9 Å². The van der Waals surface area contributed by atoms with Crippen LogP contribution in [-0.2, 0) is 32.0 Å². The van der Waals surface area contributed by atoms with Gasteiger partial charge < -0.3 is 31.5 Å². The summed E-state index contributed by atoms with van der Waals surface area (Å²) in [7, 11) is 0. The minimum Gasteiger partial charge on any atom is -0.508 e. The van der Waals surface area contributed by atoms with E-state index in [-0.39, 0.29) is 30.4 Å². The number of primary amides is 1. The van der Waals surface area contributed by atoms with Crippen LogP contribution in [0.3, 0.4) is 0 Å². The predicted molar refractivity (Wildman–Crippen MR) is 145 cm³/mol. The number of phenols is 1. The highest BCUT2D eigenvalue weighted by molar-refractivity contribution is 8.00. The van der Waals surface area contributed by atoms with Crippen molar-refractivity contribution in [3.63, 3.8) is 0 Å². The van der Waals surface area contributed by atoms with E-state index < -0.39 is 47.3 Å². The van der Waals surface area contributed by atoms with Crippen LogP contribution >= 0.6 is 11.8 Å². The van der Waals surface area contributed by atoms with Gasteiger partial charge in [0.25, 0.3) is 0 Å². The van der Waals surface area contributed by atoms with Crippen LogP contribution in [0.1, 0.15) is 24.0 Å². The van der Waals surface area contributed by atoms with Crippen LogP contribution in [0.15, 0.2) is 54.6 Å². The van der Waals surface area contributed by atoms with Crippen molar-refractivity contribution in [2.45, 2.75) is 55.2 Å². The van der Waals surface area contributed by atoms with Crippen molar-refractivity contribution in [1.29, 1.82) is 0 Å². The smallest absolute Gasteiger partial charge is 0.328 e. The summed E-state index contributed by atoms with van der Waals surface area (Å²) >= 11 is 1.21. The normalized spacial score (nSPS) is 22.4. The maximum Gasteiger partial charge on any atom is 0.328 e. The molecule has 12 heteroatoms. The molecule has 4 rings (SSSR count). The largest absolute Gasteiger partial charge is 0.508 e. The summed E-state index contributed by atoms with van der Waals surface area (Å²) in [5.74, 6) is -2.48. The first kappa shape index (κ1) is 28.4. The van der Waals surface area contributed by atoms with Crippen LogP contribution in [0, 0.1) is 0 Å². The standard InChI is InChI=1S/C27H33N5O6S/c28-19(13-17-8-10-18(33)11-9-17)25(35)32-15-39-24(22(32)27(37)38)30-20(14-16-5-2-1-3-6-16)26(36)31-12-4-7-21(31)23(29)34/h1-3,5-6,8-11,19-22,24,30,33H,4,7,12-15,28H2,(H2,29,34)(H,37,38)/t19-,20+,21-,22-,24-/m0/s1. The van der Waals surface area contributed by atoms with Crippen LogP contribution in [-0.4, -0.2) is 85.7 Å². The van der Waals surface area contributed by atoms with Gasteiger partial charge in [-0.1, -0.05) is 42.5 Å². The Labute approximate surface area is 230 Å². The molecule has 2 aliphatic heterocycles. The molecule has 208 valence electrons. The zero-order valence-electron chi connectivity index (χ0n) is 21.3. The fourth-order valence-electron chi connectivity index (χ4n) is 5.08. The minimum atomic E-state index is -1.26. The molecule has 3 amide bonds. The lowest BCUT2D eigenvalue weighted by molar-refractivity contribution is -0.149. The summed E-state index contributed by atoms with van der Waals surface area (Å²) in [5, 5.41) is 22.0. The third-order valence-electron chi connectivity index (χ3n) is 7.07. The van der Waals surface area contributed by atoms with E-state index in [1.807, 2.05) is 30.3 Å². The van der Waals surface area contributed by atoms with Crippen LogP contribution in [0.2, 0.25) is 0 Å². The van der Waals surface area contributed by atoms with Gasteiger partial charge in [0, 0.05) is 6.54 Å². The summed E-state index contributed by atoms with van der Waals surface area (Å²) in [6, 6.07) is 11.8. The average Bonchev–Trinajstić information content (AvgIpc) is 3.57. The molecule has 2 aromatic rings. The van der Waals surface area contributed by atoms with Crippen LogP contribution in [0.4, 0.5) is 0 Å². The maximum absolute atomic E-state index is 13.7. The number of thioether (sulfide) groups is 1. The van der Waals surface area contributed by atoms with Gasteiger partial charge in [0.1, 0.15) is 11.8 Å². The predicted octanol–water partition coefficient (Wildman–Crippen LogP) is 0.251. The molecule has 2 aliphatic rings. The van der Waals surface area contributed by atoms with Crippen molar-refractivity contribution in [2.75, 3.05) is 12.4 Å². The van der Waals surface area contributed by atoms with Gasteiger partial charge in [-0.25, -0.2) is 4.79 Å². The Morgan fingerprint density at radius 2 is 1.64 bits per heavy atom. The molecule has 2 saturated heterocycles. The van der Waals surface area contributed by atoms with Crippen molar-refractivity contribution >= 4 is 35.5 Å². The van der Waals surface area contributed by atoms with Crippen LogP contribution in [0.5, 0.6) is 5.75 Å². The Hall–Kier alpha value is -3.61. The number of nitrogens with zero attached hydrogens (tertiary/aromatic N) is 2. The van der Waals surface area contributed by atoms with E-state index in [0.717, 1.165) is 11.1 Å². The second kappa shape index (κ2) is 12.5. The molecule has 0 aromatic heterocycles. The summed E-state index contributed by atoms with van der Waals surface area (Å²) < 4.78 is 0. The third-order valence-corrected chi connectivity index (χ3v) is 8.25. The first-order chi connectivity index (χ1) is 18.7. The van der Waals surface area contributed by atoms with Crippen molar-refractivity contribution in [1.82, 2.24) is 15.1 Å². The maximum atomic E-state index is 13.7. The lowest BCUT2D eigenvalue weighted by Gasteiger charge is -2.31. The first-order valence-corrected chi connectivity index (χ1v) is 13.8. The molecule has 2 heterocycles. The molecule has 0 spiro atoms. The van der Waals surface area contributed by atoms with E-state index in [4.69, 9.17) is 11.5 Å². The number of carbonyl (C=O) groups excluding carboxylic acids is 3. The Bertz CT molecular complexity index is 1200. The average molecular weight is 556 g/mol. The van der Waals surface area contributed by atoms with Crippen molar-refractivity contribution < 1.29 is 29.4 Å². The minimum absolute atomic E-state index is 0.0800. The molecule has 39 heavy (non-hydrogen) atoms. The fourth-order valence-corrected chi connectivity index (χ4v) is 6.39. The number of rotatable bonds is 10. The Morgan fingerprint density at radius 3 is 2.28 bits per heavy atom. The number of hydrogen-bond acceptors (Lipinski definition) is 8. The number of carboxylic acids is 1. The zero-order chi connectivity index (χ0) is 28.1. The number of aliphatic carboxylic acids is 1. The lowest BCUT2D eigenvalue weighted by atomic mass is 10.0. The Kier molecular flexibility index (Phi) is 9.10. The number of aromatic hydroxyl groups is 1. The number of hydrogen-bond donors (Lipinski definition) is 5. The SMILES string of the molecule is NC(=O)[C@@H]1CCCN1C(=O)[C@@H](Cc1ccccc1)N[C@H]1SCN(C(=O)[C@@H](N)Cc2ccc(O)cc2)[C@@H]1C(=O)O. The molecule has 0 radical (unpaired) electrons. The number of phenolic OH excluding ortho intramolecular Hbond substituents is 1. The van der Waals surface area contributed by atoms with Crippen molar-refractivity contribution in [2.24, 2.45) is 11.5 Å². The highest BCUT2D eigenvalue weighted by atomic mass is 32.2. The van der Waals surface area contributed by atoms with Gasteiger partial charge in [0.2, 0.25) is 17.7 Å².